The summed E-state index contributed by atoms with van der Waals surface area (Å²) in [7, 11) is 0. The zero-order chi connectivity index (χ0) is 26.1. The molecule has 9 nitrogen and oxygen atoms in total. The number of alkyl halides is 6. The fraction of sp³-hybridized carbons (Fsp3) is 0.238. The van der Waals surface area contributed by atoms with Crippen LogP contribution in [0.4, 0.5) is 26.3 Å². The van der Waals surface area contributed by atoms with Crippen molar-refractivity contribution in [3.63, 3.8) is 0 Å². The molecule has 0 aliphatic carbocycles. The van der Waals surface area contributed by atoms with Crippen molar-refractivity contribution >= 4 is 17.0 Å². The van der Waals surface area contributed by atoms with Crippen molar-refractivity contribution in [1.29, 1.82) is 0 Å². The van der Waals surface area contributed by atoms with Crippen LogP contribution in [-0.4, -0.2) is 61.4 Å². The van der Waals surface area contributed by atoms with Crippen molar-refractivity contribution in [2.24, 2.45) is 0 Å². The van der Waals surface area contributed by atoms with Gasteiger partial charge in [0.1, 0.15) is 5.75 Å². The smallest absolute Gasteiger partial charge is 0.475 e. The molecule has 1 aliphatic rings. The van der Waals surface area contributed by atoms with Gasteiger partial charge in [0.15, 0.2) is 5.65 Å². The first kappa shape index (κ1) is 25.0. The Morgan fingerprint density at radius 3 is 2.25 bits per heavy atom. The van der Waals surface area contributed by atoms with Gasteiger partial charge < -0.3 is 20.1 Å². The number of carboxylic acid groups (broad SMARTS) is 1. The Bertz CT molecular complexity index is 1350. The van der Waals surface area contributed by atoms with Crippen LogP contribution in [0.2, 0.25) is 0 Å². The summed E-state index contributed by atoms with van der Waals surface area (Å²) >= 11 is 0. The number of benzene rings is 1. The third-order valence-corrected chi connectivity index (χ3v) is 5.11. The predicted molar refractivity (Wildman–Crippen MR) is 112 cm³/mol. The van der Waals surface area contributed by atoms with Crippen molar-refractivity contribution in [3.8, 4) is 22.7 Å². The molecule has 1 aliphatic heterocycles. The number of rotatable bonds is 4. The minimum atomic E-state index is -5.08. The van der Waals surface area contributed by atoms with Crippen LogP contribution < -0.4 is 10.1 Å². The fourth-order valence-electron chi connectivity index (χ4n) is 3.43. The number of carboxylic acids is 1. The lowest BCUT2D eigenvalue weighted by Crippen LogP contribution is -2.40. The number of aromatic nitrogens is 5. The third kappa shape index (κ3) is 5.40. The Morgan fingerprint density at radius 1 is 1.08 bits per heavy atom. The predicted octanol–water partition coefficient (Wildman–Crippen LogP) is 4.03. The first-order valence-corrected chi connectivity index (χ1v) is 10.2. The van der Waals surface area contributed by atoms with E-state index in [4.69, 9.17) is 15.0 Å². The number of aromatic amines is 1. The van der Waals surface area contributed by atoms with Crippen LogP contribution in [0, 0.1) is 0 Å². The number of imidazole rings is 1. The summed E-state index contributed by atoms with van der Waals surface area (Å²) in [6.07, 6.45) is -4.79. The summed E-state index contributed by atoms with van der Waals surface area (Å²) in [5.41, 5.74) is 3.89. The second-order valence-corrected chi connectivity index (χ2v) is 7.52. The number of pyridine rings is 1. The maximum atomic E-state index is 12.4. The van der Waals surface area contributed by atoms with E-state index in [2.05, 4.69) is 25.0 Å². The molecule has 1 saturated heterocycles. The zero-order valence-electron chi connectivity index (χ0n) is 17.9. The molecule has 3 aromatic heterocycles. The van der Waals surface area contributed by atoms with Gasteiger partial charge >= 0.3 is 18.5 Å². The number of carbonyl (C=O) groups is 1. The molecule has 0 spiro atoms. The molecule has 5 rings (SSSR count). The lowest BCUT2D eigenvalue weighted by atomic mass is 9.95. The largest absolute Gasteiger partial charge is 0.573 e. The number of fused-ring (bicyclic) bond motifs is 1. The highest BCUT2D eigenvalue weighted by molar-refractivity contribution is 5.95. The van der Waals surface area contributed by atoms with Crippen molar-refractivity contribution in [3.05, 3.63) is 54.7 Å². The average molecular weight is 514 g/mol. The number of halogens is 6. The summed E-state index contributed by atoms with van der Waals surface area (Å²) in [6.45, 7) is 1.61. The van der Waals surface area contributed by atoms with Crippen molar-refractivity contribution in [1.82, 2.24) is 30.0 Å². The Morgan fingerprint density at radius 2 is 1.75 bits per heavy atom. The number of ether oxygens (including phenoxy) is 1. The Kier molecular flexibility index (Phi) is 6.58. The Labute approximate surface area is 197 Å². The Hall–Kier alpha value is -4.14. The lowest BCUT2D eigenvalue weighted by molar-refractivity contribution is -0.274. The third-order valence-electron chi connectivity index (χ3n) is 5.11. The van der Waals surface area contributed by atoms with Gasteiger partial charge in [0, 0.05) is 30.8 Å². The molecule has 36 heavy (non-hydrogen) atoms. The van der Waals surface area contributed by atoms with Gasteiger partial charge in [-0.2, -0.15) is 18.3 Å². The molecule has 3 N–H and O–H groups in total. The van der Waals surface area contributed by atoms with Crippen LogP contribution in [-0.2, 0) is 4.79 Å². The monoisotopic (exact) mass is 514 g/mol. The molecule has 1 fully saturated rings. The highest BCUT2D eigenvalue weighted by Gasteiger charge is 2.38. The highest BCUT2D eigenvalue weighted by atomic mass is 19.4. The van der Waals surface area contributed by atoms with Crippen LogP contribution in [0.15, 0.2) is 49.1 Å². The van der Waals surface area contributed by atoms with E-state index >= 15 is 0 Å². The Balaban J connectivity index is 0.000000384. The second kappa shape index (κ2) is 9.49. The molecule has 0 radical (unpaired) electrons. The number of hydrogen-bond acceptors (Lipinski definition) is 6. The summed E-state index contributed by atoms with van der Waals surface area (Å²) in [5.74, 6) is -2.81. The normalized spacial score (nSPS) is 14.2. The van der Waals surface area contributed by atoms with Gasteiger partial charge in [-0.25, -0.2) is 19.4 Å². The quantitative estimate of drug-likeness (QED) is 0.352. The van der Waals surface area contributed by atoms with Crippen molar-refractivity contribution < 1.29 is 41.0 Å². The minimum absolute atomic E-state index is 0.234. The molecular weight excluding hydrogens is 498 g/mol. The van der Waals surface area contributed by atoms with Crippen LogP contribution in [0.5, 0.6) is 5.75 Å². The van der Waals surface area contributed by atoms with Gasteiger partial charge in [-0.05, 0) is 30.3 Å². The summed E-state index contributed by atoms with van der Waals surface area (Å²) in [6, 6.07) is 7.48. The SMILES string of the molecule is FC(F)(F)Oc1ccc(-n2nc(C3CNC3)c3c(-c4cnc[nH]4)ccnc32)cc1.O=C(O)C(F)(F)F. The number of nitrogens with zero attached hydrogens (tertiary/aromatic N) is 4. The fourth-order valence-corrected chi connectivity index (χ4v) is 3.43. The number of hydrogen-bond donors (Lipinski definition) is 3. The molecule has 190 valence electrons. The van der Waals surface area contributed by atoms with Crippen molar-refractivity contribution in [2.45, 2.75) is 18.5 Å². The number of nitrogens with one attached hydrogen (secondary N) is 2. The van der Waals surface area contributed by atoms with Gasteiger partial charge in [-0.15, -0.1) is 13.2 Å². The molecule has 15 heteroatoms. The number of aliphatic carboxylic acids is 1. The van der Waals surface area contributed by atoms with Crippen molar-refractivity contribution in [2.75, 3.05) is 13.1 Å². The highest BCUT2D eigenvalue weighted by Crippen LogP contribution is 2.35. The van der Waals surface area contributed by atoms with Crippen LogP contribution >= 0.6 is 0 Å². The molecule has 1 aromatic carbocycles. The molecular formula is C21H16F6N6O3. The zero-order valence-corrected chi connectivity index (χ0v) is 17.9. The average Bonchev–Trinajstić information content (AvgIpc) is 3.41. The van der Waals surface area contributed by atoms with Crippen LogP contribution in [0.3, 0.4) is 0 Å². The standard InChI is InChI=1S/C19H15F3N6O.C2HF3O2/c20-19(21,22)29-13-3-1-12(2-4-13)28-18-16(17(27-28)11-7-23-8-11)14(5-6-25-18)15-9-24-10-26-15;3-2(4,5)1(6)7/h1-6,9-11,23H,7-8H2,(H,24,26);(H,6,7). The van der Waals surface area contributed by atoms with Gasteiger partial charge in [0.05, 0.1) is 35.0 Å². The second-order valence-electron chi connectivity index (χ2n) is 7.52. The van der Waals surface area contributed by atoms with Gasteiger partial charge in [-0.1, -0.05) is 0 Å². The van der Waals surface area contributed by atoms with Gasteiger partial charge in [0.2, 0.25) is 0 Å². The van der Waals surface area contributed by atoms with Crippen LogP contribution in [0.25, 0.3) is 28.0 Å². The molecule has 0 atom stereocenters. The van der Waals surface area contributed by atoms with Gasteiger partial charge in [0.25, 0.3) is 0 Å². The van der Waals surface area contributed by atoms with E-state index in [9.17, 15) is 26.3 Å². The van der Waals surface area contributed by atoms with Crippen LogP contribution in [0.1, 0.15) is 11.6 Å². The van der Waals surface area contributed by atoms with E-state index in [1.165, 1.54) is 24.3 Å². The van der Waals surface area contributed by atoms with E-state index < -0.39 is 18.5 Å². The number of H-pyrrole nitrogens is 1. The molecule has 0 amide bonds. The first-order chi connectivity index (χ1) is 16.9. The summed E-state index contributed by atoms with van der Waals surface area (Å²) in [5, 5.41) is 16.0. The molecule has 0 unspecified atom stereocenters. The molecule has 4 heterocycles. The van der Waals surface area contributed by atoms with E-state index in [1.54, 1.807) is 23.4 Å². The molecule has 0 saturated carbocycles. The molecule has 4 aromatic rings. The summed E-state index contributed by atoms with van der Waals surface area (Å²) < 4.78 is 74.6. The maximum Gasteiger partial charge on any atom is 0.573 e. The molecule has 0 bridgehead atoms. The van der Waals surface area contributed by atoms with Gasteiger partial charge in [-0.3, -0.25) is 0 Å². The summed E-state index contributed by atoms with van der Waals surface area (Å²) in [4.78, 5) is 20.6. The lowest BCUT2D eigenvalue weighted by Gasteiger charge is -2.25. The first-order valence-electron chi connectivity index (χ1n) is 10.2. The van der Waals surface area contributed by atoms with E-state index in [-0.39, 0.29) is 11.7 Å². The topological polar surface area (TPSA) is 118 Å². The van der Waals surface area contributed by atoms with E-state index in [0.717, 1.165) is 35.4 Å². The maximum absolute atomic E-state index is 12.4. The van der Waals surface area contributed by atoms with E-state index in [1.807, 2.05) is 6.07 Å². The van der Waals surface area contributed by atoms with E-state index in [0.29, 0.717) is 11.3 Å². The minimum Gasteiger partial charge on any atom is -0.475 e.